The number of benzene rings is 1. The van der Waals surface area contributed by atoms with Crippen LogP contribution in [0, 0.1) is 6.92 Å². The van der Waals surface area contributed by atoms with Gasteiger partial charge in [0.05, 0.1) is 0 Å². The zero-order valence-corrected chi connectivity index (χ0v) is 10.4. The Morgan fingerprint density at radius 2 is 2.13 bits per heavy atom. The largest absolute Gasteiger partial charge is 0.423 e. The average Bonchev–Trinajstić information content (AvgIpc) is 2.19. The molecule has 1 aromatic heterocycles. The lowest BCUT2D eigenvalue weighted by Crippen LogP contribution is -1.99. The molecule has 0 aliphatic carbocycles. The van der Waals surface area contributed by atoms with Gasteiger partial charge in [-0.3, -0.25) is 0 Å². The molecular weight excluding hydrogens is 279 g/mol. The maximum atomic E-state index is 11.2. The highest BCUT2D eigenvalue weighted by Gasteiger charge is 2.06. The monoisotopic (exact) mass is 286 g/mol. The van der Waals surface area contributed by atoms with Gasteiger partial charge in [-0.1, -0.05) is 15.9 Å². The standard InChI is InChI=1S/C11H8BrClO2/c1-6-2-10-8(4-9(6)12)7(5-13)3-11(14)15-10/h2-4H,5H2,1H3. The second kappa shape index (κ2) is 3.99. The van der Waals surface area contributed by atoms with Crippen molar-refractivity contribution in [1.82, 2.24) is 0 Å². The Morgan fingerprint density at radius 3 is 2.80 bits per heavy atom. The van der Waals surface area contributed by atoms with E-state index in [0.29, 0.717) is 11.5 Å². The first kappa shape index (κ1) is 10.7. The highest BCUT2D eigenvalue weighted by molar-refractivity contribution is 9.10. The zero-order valence-electron chi connectivity index (χ0n) is 8.01. The molecular formula is C11H8BrClO2. The van der Waals surface area contributed by atoms with Crippen molar-refractivity contribution in [1.29, 1.82) is 0 Å². The molecule has 1 aromatic carbocycles. The lowest BCUT2D eigenvalue weighted by Gasteiger charge is -2.04. The molecule has 4 heteroatoms. The second-order valence-electron chi connectivity index (χ2n) is 3.32. The van der Waals surface area contributed by atoms with Crippen LogP contribution >= 0.6 is 27.5 Å². The van der Waals surface area contributed by atoms with E-state index in [0.717, 1.165) is 21.0 Å². The lowest BCUT2D eigenvalue weighted by atomic mass is 10.1. The summed E-state index contributed by atoms with van der Waals surface area (Å²) >= 11 is 9.21. The summed E-state index contributed by atoms with van der Waals surface area (Å²) in [6.07, 6.45) is 0. The molecule has 0 bridgehead atoms. The molecule has 0 unspecified atom stereocenters. The van der Waals surface area contributed by atoms with E-state index in [1.807, 2.05) is 19.1 Å². The summed E-state index contributed by atoms with van der Waals surface area (Å²) in [4.78, 5) is 11.2. The van der Waals surface area contributed by atoms with Crippen LogP contribution in [0.2, 0.25) is 0 Å². The van der Waals surface area contributed by atoms with E-state index in [9.17, 15) is 4.79 Å². The first-order valence-electron chi connectivity index (χ1n) is 4.40. The van der Waals surface area contributed by atoms with Gasteiger partial charge in [-0.25, -0.2) is 4.79 Å². The number of rotatable bonds is 1. The van der Waals surface area contributed by atoms with Gasteiger partial charge < -0.3 is 4.42 Å². The molecule has 0 aliphatic heterocycles. The molecule has 0 saturated carbocycles. The molecule has 0 aliphatic rings. The van der Waals surface area contributed by atoms with Crippen LogP contribution in [0.3, 0.4) is 0 Å². The normalized spacial score (nSPS) is 10.9. The molecule has 2 aromatic rings. The van der Waals surface area contributed by atoms with Gasteiger partial charge in [-0.15, -0.1) is 11.6 Å². The molecule has 0 saturated heterocycles. The van der Waals surface area contributed by atoms with Gasteiger partial charge in [0.2, 0.25) is 0 Å². The highest BCUT2D eigenvalue weighted by atomic mass is 79.9. The quantitative estimate of drug-likeness (QED) is 0.592. The van der Waals surface area contributed by atoms with Crippen molar-refractivity contribution >= 4 is 38.5 Å². The fourth-order valence-corrected chi connectivity index (χ4v) is 2.02. The predicted octanol–water partition coefficient (Wildman–Crippen LogP) is 3.60. The molecule has 0 N–H and O–H groups in total. The SMILES string of the molecule is Cc1cc2oc(=O)cc(CCl)c2cc1Br. The maximum absolute atomic E-state index is 11.2. The fraction of sp³-hybridized carbons (Fsp3) is 0.182. The number of alkyl halides is 1. The molecule has 2 nitrogen and oxygen atoms in total. The minimum atomic E-state index is -0.361. The van der Waals surface area contributed by atoms with Crippen molar-refractivity contribution in [3.63, 3.8) is 0 Å². The van der Waals surface area contributed by atoms with E-state index in [2.05, 4.69) is 15.9 Å². The molecule has 0 radical (unpaired) electrons. The van der Waals surface area contributed by atoms with Crippen molar-refractivity contribution in [2.75, 3.05) is 0 Å². The molecule has 0 amide bonds. The Labute approximate surface area is 100.0 Å². The summed E-state index contributed by atoms with van der Waals surface area (Å²) in [5, 5.41) is 0.877. The zero-order chi connectivity index (χ0) is 11.0. The van der Waals surface area contributed by atoms with Gasteiger partial charge in [0, 0.05) is 21.8 Å². The number of fused-ring (bicyclic) bond motifs is 1. The van der Waals surface area contributed by atoms with Gasteiger partial charge >= 0.3 is 5.63 Å². The third kappa shape index (κ3) is 1.94. The Hall–Kier alpha value is -0.800. The molecule has 0 atom stereocenters. The number of aryl methyl sites for hydroxylation is 1. The van der Waals surface area contributed by atoms with Crippen LogP contribution in [0.25, 0.3) is 11.0 Å². The van der Waals surface area contributed by atoms with Crippen LogP contribution in [-0.4, -0.2) is 0 Å². The van der Waals surface area contributed by atoms with E-state index >= 15 is 0 Å². The van der Waals surface area contributed by atoms with Gasteiger partial charge in [0.25, 0.3) is 0 Å². The molecule has 78 valence electrons. The average molecular weight is 288 g/mol. The topological polar surface area (TPSA) is 30.2 Å². The molecule has 0 spiro atoms. The fourth-order valence-electron chi connectivity index (χ4n) is 1.46. The molecule has 1 heterocycles. The van der Waals surface area contributed by atoms with E-state index in [1.54, 1.807) is 0 Å². The van der Waals surface area contributed by atoms with E-state index < -0.39 is 0 Å². The number of hydrogen-bond donors (Lipinski definition) is 0. The summed E-state index contributed by atoms with van der Waals surface area (Å²) in [7, 11) is 0. The van der Waals surface area contributed by atoms with Gasteiger partial charge in [-0.05, 0) is 30.2 Å². The summed E-state index contributed by atoms with van der Waals surface area (Å²) in [6.45, 7) is 1.94. The Bertz CT molecular complexity index is 575. The molecule has 15 heavy (non-hydrogen) atoms. The second-order valence-corrected chi connectivity index (χ2v) is 4.44. The number of halogens is 2. The van der Waals surface area contributed by atoms with Crippen LogP contribution < -0.4 is 5.63 Å². The highest BCUT2D eigenvalue weighted by Crippen LogP contribution is 2.26. The summed E-state index contributed by atoms with van der Waals surface area (Å²) in [5.41, 5.74) is 2.04. The Morgan fingerprint density at radius 1 is 1.40 bits per heavy atom. The van der Waals surface area contributed by atoms with Gasteiger partial charge in [-0.2, -0.15) is 0 Å². The van der Waals surface area contributed by atoms with Gasteiger partial charge in [0.1, 0.15) is 5.58 Å². The predicted molar refractivity (Wildman–Crippen MR) is 64.5 cm³/mol. The van der Waals surface area contributed by atoms with Crippen molar-refractivity contribution in [3.05, 3.63) is 44.2 Å². The first-order valence-corrected chi connectivity index (χ1v) is 5.73. The Kier molecular flexibility index (Phi) is 2.85. The van der Waals surface area contributed by atoms with Crippen molar-refractivity contribution in [2.24, 2.45) is 0 Å². The minimum Gasteiger partial charge on any atom is -0.423 e. The lowest BCUT2D eigenvalue weighted by molar-refractivity contribution is 0.559. The first-order chi connectivity index (χ1) is 7.11. The Balaban J connectivity index is 2.90. The van der Waals surface area contributed by atoms with Crippen LogP contribution in [-0.2, 0) is 5.88 Å². The van der Waals surface area contributed by atoms with Crippen LogP contribution in [0.1, 0.15) is 11.1 Å². The van der Waals surface area contributed by atoms with E-state index in [1.165, 1.54) is 6.07 Å². The van der Waals surface area contributed by atoms with Crippen molar-refractivity contribution in [3.8, 4) is 0 Å². The minimum absolute atomic E-state index is 0.303. The van der Waals surface area contributed by atoms with E-state index in [-0.39, 0.29) is 5.63 Å². The summed E-state index contributed by atoms with van der Waals surface area (Å²) in [6, 6.07) is 5.18. The van der Waals surface area contributed by atoms with Gasteiger partial charge in [0.15, 0.2) is 0 Å². The molecule has 2 rings (SSSR count). The summed E-state index contributed by atoms with van der Waals surface area (Å²) < 4.78 is 6.09. The summed E-state index contributed by atoms with van der Waals surface area (Å²) in [5.74, 6) is 0.303. The van der Waals surface area contributed by atoms with Crippen molar-refractivity contribution < 1.29 is 4.42 Å². The number of hydrogen-bond acceptors (Lipinski definition) is 2. The van der Waals surface area contributed by atoms with Crippen molar-refractivity contribution in [2.45, 2.75) is 12.8 Å². The van der Waals surface area contributed by atoms with Crippen LogP contribution in [0.5, 0.6) is 0 Å². The third-order valence-electron chi connectivity index (χ3n) is 2.25. The molecule has 0 fully saturated rings. The smallest absolute Gasteiger partial charge is 0.336 e. The maximum Gasteiger partial charge on any atom is 0.336 e. The van der Waals surface area contributed by atoms with Crippen LogP contribution in [0.4, 0.5) is 0 Å². The van der Waals surface area contributed by atoms with E-state index in [4.69, 9.17) is 16.0 Å². The third-order valence-corrected chi connectivity index (χ3v) is 3.40. The van der Waals surface area contributed by atoms with Crippen LogP contribution in [0.15, 0.2) is 31.9 Å².